The van der Waals surface area contributed by atoms with Gasteiger partial charge < -0.3 is 5.73 Å². The van der Waals surface area contributed by atoms with E-state index in [1.54, 1.807) is 36.4 Å². The van der Waals surface area contributed by atoms with Crippen molar-refractivity contribution in [1.82, 2.24) is 4.31 Å². The minimum Gasteiger partial charge on any atom is -0.369 e. The lowest BCUT2D eigenvalue weighted by Crippen LogP contribution is -2.50. The number of primary amides is 1. The van der Waals surface area contributed by atoms with E-state index in [1.807, 2.05) is 0 Å². The SMILES string of the molecule is N#Cc1ccc(CN([C@H]2[C@H]3CC[C@@H](C3)[C@H]2C(N)=O)S(=O)(=O)c2ccc(Cl)cc2)cc1. The van der Waals surface area contributed by atoms with E-state index in [9.17, 15) is 13.2 Å². The van der Waals surface area contributed by atoms with E-state index in [2.05, 4.69) is 6.07 Å². The number of nitrogens with two attached hydrogens (primary N) is 1. The van der Waals surface area contributed by atoms with Crippen LogP contribution in [0.5, 0.6) is 0 Å². The summed E-state index contributed by atoms with van der Waals surface area (Å²) in [4.78, 5) is 12.4. The van der Waals surface area contributed by atoms with Crippen molar-refractivity contribution in [3.63, 3.8) is 0 Å². The topological polar surface area (TPSA) is 104 Å². The summed E-state index contributed by atoms with van der Waals surface area (Å²) in [5.74, 6) is -0.707. The number of nitrogens with zero attached hydrogens (tertiary/aromatic N) is 2. The quantitative estimate of drug-likeness (QED) is 0.739. The minimum absolute atomic E-state index is 0.105. The number of fused-ring (bicyclic) bond motifs is 2. The van der Waals surface area contributed by atoms with Crippen molar-refractivity contribution in [2.45, 2.75) is 36.7 Å². The van der Waals surface area contributed by atoms with E-state index in [-0.39, 0.29) is 23.3 Å². The molecular weight excluding hydrogens is 422 g/mol. The molecule has 0 saturated heterocycles. The second-order valence-electron chi connectivity index (χ2n) is 8.06. The second kappa shape index (κ2) is 8.03. The molecule has 0 spiro atoms. The van der Waals surface area contributed by atoms with Gasteiger partial charge in [-0.15, -0.1) is 0 Å². The van der Waals surface area contributed by atoms with E-state index in [1.165, 1.54) is 16.4 Å². The van der Waals surface area contributed by atoms with Crippen LogP contribution in [0.1, 0.15) is 30.4 Å². The molecule has 0 unspecified atom stereocenters. The highest BCUT2D eigenvalue weighted by Crippen LogP contribution is 2.51. The third kappa shape index (κ3) is 3.71. The summed E-state index contributed by atoms with van der Waals surface area (Å²) < 4.78 is 28.8. The van der Waals surface area contributed by atoms with Gasteiger partial charge in [0.2, 0.25) is 15.9 Å². The van der Waals surface area contributed by atoms with Crippen molar-refractivity contribution in [2.75, 3.05) is 0 Å². The fourth-order valence-corrected chi connectivity index (χ4v) is 6.85. The van der Waals surface area contributed by atoms with E-state index in [4.69, 9.17) is 22.6 Å². The Hall–Kier alpha value is -2.40. The molecule has 30 heavy (non-hydrogen) atoms. The Kier molecular flexibility index (Phi) is 5.58. The number of carbonyl (C=O) groups excluding carboxylic acids is 1. The first-order valence-electron chi connectivity index (χ1n) is 9.87. The Morgan fingerprint density at radius 1 is 1.10 bits per heavy atom. The average molecular weight is 444 g/mol. The van der Waals surface area contributed by atoms with Crippen LogP contribution in [0.25, 0.3) is 0 Å². The molecule has 156 valence electrons. The molecule has 2 saturated carbocycles. The molecule has 2 N–H and O–H groups in total. The van der Waals surface area contributed by atoms with Crippen molar-refractivity contribution in [2.24, 2.45) is 23.5 Å². The van der Waals surface area contributed by atoms with Gasteiger partial charge in [-0.05, 0) is 73.1 Å². The predicted molar refractivity (Wildman–Crippen MR) is 113 cm³/mol. The van der Waals surface area contributed by atoms with Crippen LogP contribution in [-0.4, -0.2) is 24.7 Å². The number of amides is 1. The van der Waals surface area contributed by atoms with Crippen molar-refractivity contribution in [3.8, 4) is 6.07 Å². The fraction of sp³-hybridized carbons (Fsp3) is 0.364. The average Bonchev–Trinajstić information content (AvgIpc) is 3.34. The van der Waals surface area contributed by atoms with Crippen LogP contribution in [0.2, 0.25) is 5.02 Å². The molecule has 2 fully saturated rings. The summed E-state index contributed by atoms with van der Waals surface area (Å²) in [6, 6.07) is 14.5. The molecule has 8 heteroatoms. The van der Waals surface area contributed by atoms with Crippen LogP contribution >= 0.6 is 11.6 Å². The lowest BCUT2D eigenvalue weighted by atomic mass is 9.84. The Balaban J connectivity index is 1.77. The molecule has 2 aromatic carbocycles. The zero-order chi connectivity index (χ0) is 21.5. The van der Waals surface area contributed by atoms with Gasteiger partial charge >= 0.3 is 0 Å². The molecule has 2 bridgehead atoms. The van der Waals surface area contributed by atoms with Gasteiger partial charge in [-0.25, -0.2) is 8.42 Å². The van der Waals surface area contributed by atoms with Crippen molar-refractivity contribution < 1.29 is 13.2 Å². The maximum absolute atomic E-state index is 13.7. The smallest absolute Gasteiger partial charge is 0.243 e. The molecule has 0 aliphatic heterocycles. The largest absolute Gasteiger partial charge is 0.369 e. The van der Waals surface area contributed by atoms with Crippen LogP contribution in [0.3, 0.4) is 0 Å². The molecule has 6 nitrogen and oxygen atoms in total. The van der Waals surface area contributed by atoms with Gasteiger partial charge in [0.1, 0.15) is 0 Å². The second-order valence-corrected chi connectivity index (χ2v) is 10.4. The van der Waals surface area contributed by atoms with E-state index >= 15 is 0 Å². The van der Waals surface area contributed by atoms with Crippen molar-refractivity contribution >= 4 is 27.5 Å². The van der Waals surface area contributed by atoms with Crippen LogP contribution in [-0.2, 0) is 21.4 Å². The maximum Gasteiger partial charge on any atom is 0.243 e. The van der Waals surface area contributed by atoms with Gasteiger partial charge in [-0.3, -0.25) is 4.79 Å². The molecule has 0 heterocycles. The Morgan fingerprint density at radius 3 is 2.33 bits per heavy atom. The first kappa shape index (κ1) is 20.9. The molecule has 4 rings (SSSR count). The fourth-order valence-electron chi connectivity index (χ4n) is 5.03. The highest BCUT2D eigenvalue weighted by molar-refractivity contribution is 7.89. The Morgan fingerprint density at radius 2 is 1.73 bits per heavy atom. The zero-order valence-electron chi connectivity index (χ0n) is 16.2. The number of carbonyl (C=O) groups is 1. The van der Waals surface area contributed by atoms with Crippen molar-refractivity contribution in [3.05, 3.63) is 64.7 Å². The predicted octanol–water partition coefficient (Wildman–Crippen LogP) is 3.30. The highest BCUT2D eigenvalue weighted by atomic mass is 35.5. The highest BCUT2D eigenvalue weighted by Gasteiger charge is 2.54. The number of nitriles is 1. The van der Waals surface area contributed by atoms with E-state index in [0.29, 0.717) is 10.6 Å². The number of hydrogen-bond acceptors (Lipinski definition) is 4. The monoisotopic (exact) mass is 443 g/mol. The molecule has 1 amide bonds. The van der Waals surface area contributed by atoms with Gasteiger partial charge in [0, 0.05) is 17.6 Å². The van der Waals surface area contributed by atoms with Gasteiger partial charge in [-0.2, -0.15) is 9.57 Å². The summed E-state index contributed by atoms with van der Waals surface area (Å²) in [6.07, 6.45) is 2.61. The third-order valence-corrected chi connectivity index (χ3v) is 8.49. The van der Waals surface area contributed by atoms with Crippen molar-refractivity contribution in [1.29, 1.82) is 5.26 Å². The summed E-state index contributed by atoms with van der Waals surface area (Å²) >= 11 is 5.95. The van der Waals surface area contributed by atoms with Gasteiger partial charge in [0.25, 0.3) is 0 Å². The van der Waals surface area contributed by atoms with Crippen LogP contribution in [0.4, 0.5) is 0 Å². The van der Waals surface area contributed by atoms with Gasteiger partial charge in [-0.1, -0.05) is 23.7 Å². The minimum atomic E-state index is -3.90. The molecule has 0 radical (unpaired) electrons. The first-order chi connectivity index (χ1) is 14.3. The summed E-state index contributed by atoms with van der Waals surface area (Å²) in [5.41, 5.74) is 6.98. The number of sulfonamides is 1. The Labute approximate surface area is 181 Å². The van der Waals surface area contributed by atoms with E-state index < -0.39 is 27.9 Å². The molecule has 2 aliphatic carbocycles. The summed E-state index contributed by atoms with van der Waals surface area (Å²) in [6.45, 7) is 0.105. The van der Waals surface area contributed by atoms with Gasteiger partial charge in [0.05, 0.1) is 22.4 Å². The molecule has 4 atom stereocenters. The number of rotatable bonds is 6. The molecule has 2 aliphatic rings. The third-order valence-electron chi connectivity index (χ3n) is 6.38. The summed E-state index contributed by atoms with van der Waals surface area (Å²) in [5, 5.41) is 9.48. The number of benzene rings is 2. The zero-order valence-corrected chi connectivity index (χ0v) is 17.8. The lowest BCUT2D eigenvalue weighted by molar-refractivity contribution is -0.125. The molecule has 0 aromatic heterocycles. The van der Waals surface area contributed by atoms with Gasteiger partial charge in [0.15, 0.2) is 0 Å². The normalized spacial score (nSPS) is 25.4. The number of hydrogen-bond donors (Lipinski definition) is 1. The molecular formula is C22H22ClN3O3S. The summed E-state index contributed by atoms with van der Waals surface area (Å²) in [7, 11) is -3.90. The van der Waals surface area contributed by atoms with Crippen LogP contribution < -0.4 is 5.73 Å². The maximum atomic E-state index is 13.7. The Bertz CT molecular complexity index is 1090. The lowest BCUT2D eigenvalue weighted by Gasteiger charge is -2.37. The first-order valence-corrected chi connectivity index (χ1v) is 11.7. The standard InChI is InChI=1S/C22H22ClN3O3S/c23-18-7-9-19(10-8-18)30(28,29)26(13-15-3-1-14(12-24)2-4-15)21-17-6-5-16(11-17)20(21)22(25)27/h1-4,7-10,16-17,20-21H,5-6,11,13H2,(H2,25,27)/t16-,17-,20+,21-/m0/s1. The molecule has 2 aromatic rings. The number of halogens is 1. The van der Waals surface area contributed by atoms with Crippen LogP contribution in [0, 0.1) is 29.1 Å². The van der Waals surface area contributed by atoms with E-state index in [0.717, 1.165) is 24.8 Å². The van der Waals surface area contributed by atoms with Crippen LogP contribution in [0.15, 0.2) is 53.4 Å².